The molecule has 0 bridgehead atoms. The van der Waals surface area contributed by atoms with Crippen molar-refractivity contribution in [3.8, 4) is 11.5 Å². The Hall–Kier alpha value is -2.69. The highest BCUT2D eigenvalue weighted by atomic mass is 16.5. The molecule has 1 unspecified atom stereocenters. The monoisotopic (exact) mass is 365 g/mol. The van der Waals surface area contributed by atoms with E-state index in [0.29, 0.717) is 18.9 Å². The van der Waals surface area contributed by atoms with Crippen LogP contribution in [0.15, 0.2) is 41.4 Å². The smallest absolute Gasteiger partial charge is 0.191 e. The predicted molar refractivity (Wildman–Crippen MR) is 107 cm³/mol. The van der Waals surface area contributed by atoms with Crippen LogP contribution in [-0.4, -0.2) is 24.7 Å². The predicted octanol–water partition coefficient (Wildman–Crippen LogP) is 3.46. The molecule has 0 radical (unpaired) electrons. The summed E-state index contributed by atoms with van der Waals surface area (Å²) in [6.45, 7) is 1.26. The highest BCUT2D eigenvalue weighted by Crippen LogP contribution is 2.32. The number of nitrogens with one attached hydrogen (secondary N) is 2. The normalized spacial score (nSPS) is 18.9. The van der Waals surface area contributed by atoms with E-state index in [4.69, 9.17) is 4.74 Å². The molecule has 1 aliphatic heterocycles. The first-order valence-electron chi connectivity index (χ1n) is 9.78. The number of aromatic hydroxyl groups is 1. The first-order chi connectivity index (χ1) is 13.3. The van der Waals surface area contributed by atoms with Crippen molar-refractivity contribution in [1.82, 2.24) is 10.6 Å². The van der Waals surface area contributed by atoms with Gasteiger partial charge in [0.25, 0.3) is 0 Å². The molecule has 3 N–H and O–H groups in total. The van der Waals surface area contributed by atoms with Crippen LogP contribution in [0.25, 0.3) is 0 Å². The average molecular weight is 365 g/mol. The molecule has 0 amide bonds. The second-order valence-electron chi connectivity index (χ2n) is 7.21. The zero-order valence-corrected chi connectivity index (χ0v) is 15.8. The van der Waals surface area contributed by atoms with Crippen LogP contribution in [0.3, 0.4) is 0 Å². The molecule has 5 nitrogen and oxygen atoms in total. The lowest BCUT2D eigenvalue weighted by atomic mass is 9.88. The van der Waals surface area contributed by atoms with Crippen LogP contribution in [-0.2, 0) is 19.4 Å². The Kier molecular flexibility index (Phi) is 5.19. The third-order valence-corrected chi connectivity index (χ3v) is 5.55. The lowest BCUT2D eigenvalue weighted by molar-refractivity contribution is 0.261. The van der Waals surface area contributed by atoms with E-state index in [-0.39, 0.29) is 6.04 Å². The number of phenolic OH excluding ortho intramolecular Hbond substituents is 1. The molecule has 0 saturated carbocycles. The Morgan fingerprint density at radius 1 is 1.19 bits per heavy atom. The number of aryl methyl sites for hydroxylation is 1. The number of hydrogen-bond donors (Lipinski definition) is 3. The number of para-hydroxylation sites is 1. The number of rotatable bonds is 3. The Balaban J connectivity index is 1.47. The number of phenols is 1. The van der Waals surface area contributed by atoms with Gasteiger partial charge in [0.05, 0.1) is 12.6 Å². The largest absolute Gasteiger partial charge is 0.508 e. The van der Waals surface area contributed by atoms with E-state index < -0.39 is 0 Å². The lowest BCUT2D eigenvalue weighted by Crippen LogP contribution is -2.40. The maximum absolute atomic E-state index is 10.4. The van der Waals surface area contributed by atoms with Crippen LogP contribution in [0.2, 0.25) is 0 Å². The van der Waals surface area contributed by atoms with E-state index >= 15 is 0 Å². The van der Waals surface area contributed by atoms with Crippen molar-refractivity contribution in [2.75, 3.05) is 13.7 Å². The Bertz CT molecular complexity index is 847. The fourth-order valence-corrected chi connectivity index (χ4v) is 4.11. The van der Waals surface area contributed by atoms with Crippen molar-refractivity contribution in [1.29, 1.82) is 0 Å². The molecule has 0 aromatic heterocycles. The van der Waals surface area contributed by atoms with Gasteiger partial charge in [-0.05, 0) is 48.9 Å². The Labute approximate surface area is 160 Å². The van der Waals surface area contributed by atoms with E-state index in [9.17, 15) is 5.11 Å². The van der Waals surface area contributed by atoms with Crippen molar-refractivity contribution in [2.45, 2.75) is 44.7 Å². The van der Waals surface area contributed by atoms with Crippen LogP contribution in [0.1, 0.15) is 47.6 Å². The molecular formula is C22H27N3O2. The first kappa shape index (κ1) is 17.7. The Morgan fingerprint density at radius 2 is 2.04 bits per heavy atom. The second kappa shape index (κ2) is 7.91. The van der Waals surface area contributed by atoms with Gasteiger partial charge in [-0.15, -0.1) is 0 Å². The molecular weight excluding hydrogens is 338 g/mol. The minimum absolute atomic E-state index is 0.166. The van der Waals surface area contributed by atoms with E-state index in [0.717, 1.165) is 42.1 Å². The number of benzene rings is 2. The molecule has 4 rings (SSSR count). The topological polar surface area (TPSA) is 65.9 Å². The molecule has 0 fully saturated rings. The molecule has 0 saturated heterocycles. The standard InChI is InChI=1S/C22H27N3O2/c1-23-22(25-19-12-13-27-21-9-5-4-8-17(19)21)24-14-18-16-7-3-2-6-15(16)10-11-20(18)26/h4-5,8-11,19,26H,2-3,6-7,12-14H2,1H3,(H2,23,24,25). The summed E-state index contributed by atoms with van der Waals surface area (Å²) < 4.78 is 5.74. The molecule has 0 spiro atoms. The molecule has 2 aromatic carbocycles. The van der Waals surface area contributed by atoms with Gasteiger partial charge in [-0.1, -0.05) is 24.3 Å². The van der Waals surface area contributed by atoms with Gasteiger partial charge in [0.2, 0.25) is 0 Å². The molecule has 27 heavy (non-hydrogen) atoms. The summed E-state index contributed by atoms with van der Waals surface area (Å²) >= 11 is 0. The van der Waals surface area contributed by atoms with Crippen molar-refractivity contribution in [3.63, 3.8) is 0 Å². The molecule has 2 aliphatic rings. The quantitative estimate of drug-likeness (QED) is 0.576. The molecule has 2 aromatic rings. The van der Waals surface area contributed by atoms with Crippen molar-refractivity contribution in [3.05, 3.63) is 58.7 Å². The molecule has 1 aliphatic carbocycles. The van der Waals surface area contributed by atoms with Gasteiger partial charge in [0, 0.05) is 31.1 Å². The lowest BCUT2D eigenvalue weighted by Gasteiger charge is -2.28. The van der Waals surface area contributed by atoms with Crippen LogP contribution in [0.5, 0.6) is 11.5 Å². The Morgan fingerprint density at radius 3 is 2.93 bits per heavy atom. The highest BCUT2D eigenvalue weighted by molar-refractivity contribution is 5.80. The number of guanidine groups is 1. The number of aliphatic imine (C=N–C) groups is 1. The zero-order valence-electron chi connectivity index (χ0n) is 15.8. The third kappa shape index (κ3) is 3.72. The summed E-state index contributed by atoms with van der Waals surface area (Å²) in [5.41, 5.74) is 4.84. The van der Waals surface area contributed by atoms with Crippen molar-refractivity contribution < 1.29 is 9.84 Å². The third-order valence-electron chi connectivity index (χ3n) is 5.55. The summed E-state index contributed by atoms with van der Waals surface area (Å²) in [4.78, 5) is 4.38. The van der Waals surface area contributed by atoms with Crippen LogP contribution in [0.4, 0.5) is 0 Å². The van der Waals surface area contributed by atoms with E-state index in [1.165, 1.54) is 24.0 Å². The van der Waals surface area contributed by atoms with E-state index in [2.05, 4.69) is 27.8 Å². The van der Waals surface area contributed by atoms with Gasteiger partial charge in [0.15, 0.2) is 5.96 Å². The highest BCUT2D eigenvalue weighted by Gasteiger charge is 2.22. The fourth-order valence-electron chi connectivity index (χ4n) is 4.11. The van der Waals surface area contributed by atoms with Crippen LogP contribution in [0, 0.1) is 0 Å². The minimum atomic E-state index is 0.166. The summed E-state index contributed by atoms with van der Waals surface area (Å²) in [5.74, 6) is 2.05. The summed E-state index contributed by atoms with van der Waals surface area (Å²) in [7, 11) is 1.78. The van der Waals surface area contributed by atoms with Gasteiger partial charge in [-0.25, -0.2) is 0 Å². The van der Waals surface area contributed by atoms with Gasteiger partial charge in [-0.2, -0.15) is 0 Å². The fraction of sp³-hybridized carbons (Fsp3) is 0.409. The van der Waals surface area contributed by atoms with Crippen molar-refractivity contribution in [2.24, 2.45) is 4.99 Å². The van der Waals surface area contributed by atoms with Gasteiger partial charge >= 0.3 is 0 Å². The van der Waals surface area contributed by atoms with Crippen LogP contribution >= 0.6 is 0 Å². The van der Waals surface area contributed by atoms with Crippen molar-refractivity contribution >= 4 is 5.96 Å². The van der Waals surface area contributed by atoms with E-state index in [1.54, 1.807) is 7.05 Å². The summed E-state index contributed by atoms with van der Waals surface area (Å²) in [5, 5.41) is 17.3. The average Bonchev–Trinajstić information content (AvgIpc) is 2.72. The maximum atomic E-state index is 10.4. The first-order valence-corrected chi connectivity index (χ1v) is 9.78. The maximum Gasteiger partial charge on any atom is 0.191 e. The van der Waals surface area contributed by atoms with Crippen LogP contribution < -0.4 is 15.4 Å². The number of ether oxygens (including phenoxy) is 1. The number of hydrogen-bond acceptors (Lipinski definition) is 3. The number of fused-ring (bicyclic) bond motifs is 2. The zero-order chi connectivity index (χ0) is 18.6. The van der Waals surface area contributed by atoms with Gasteiger partial charge < -0.3 is 20.5 Å². The molecule has 1 heterocycles. The molecule has 142 valence electrons. The second-order valence-corrected chi connectivity index (χ2v) is 7.21. The summed E-state index contributed by atoms with van der Waals surface area (Å²) in [6.07, 6.45) is 5.46. The molecule has 1 atom stereocenters. The SMILES string of the molecule is CN=C(NCc1c(O)ccc2c1CCCC2)NC1CCOc2ccccc21. The van der Waals surface area contributed by atoms with Gasteiger partial charge in [0.1, 0.15) is 11.5 Å². The van der Waals surface area contributed by atoms with E-state index in [1.807, 2.05) is 24.3 Å². The number of nitrogens with zero attached hydrogens (tertiary/aromatic N) is 1. The van der Waals surface area contributed by atoms with Gasteiger partial charge in [-0.3, -0.25) is 4.99 Å². The summed E-state index contributed by atoms with van der Waals surface area (Å²) in [6, 6.07) is 12.2. The molecule has 5 heteroatoms. The minimum Gasteiger partial charge on any atom is -0.508 e.